The number of nitrogens with one attached hydrogen (secondary N) is 1. The van der Waals surface area contributed by atoms with Crippen molar-refractivity contribution in [2.24, 2.45) is 7.05 Å². The number of hydrogen-bond donors (Lipinski definition) is 1. The third-order valence-electron chi connectivity index (χ3n) is 4.70. The van der Waals surface area contributed by atoms with Gasteiger partial charge in [-0.3, -0.25) is 14.6 Å². The largest absolute Gasteiger partial charge is 0.333 e. The quantitative estimate of drug-likeness (QED) is 0.887. The first-order valence-corrected chi connectivity index (χ1v) is 7.79. The van der Waals surface area contributed by atoms with Gasteiger partial charge < -0.3 is 9.80 Å². The summed E-state index contributed by atoms with van der Waals surface area (Å²) in [5, 5.41) is 11.5. The Kier molecular flexibility index (Phi) is 3.22. The zero-order valence-corrected chi connectivity index (χ0v) is 12.7. The number of carbonyl (C=O) groups excluding carboxylic acids is 1. The van der Waals surface area contributed by atoms with Gasteiger partial charge in [-0.2, -0.15) is 10.2 Å². The fraction of sp³-hybridized carbons (Fsp3) is 0.533. The van der Waals surface area contributed by atoms with Crippen LogP contribution in [0.5, 0.6) is 0 Å². The van der Waals surface area contributed by atoms with Crippen LogP contribution < -0.4 is 0 Å². The van der Waals surface area contributed by atoms with Crippen LogP contribution in [0.15, 0.2) is 18.3 Å². The van der Waals surface area contributed by atoms with Gasteiger partial charge in [0.1, 0.15) is 5.69 Å². The average molecular weight is 300 g/mol. The van der Waals surface area contributed by atoms with Crippen LogP contribution >= 0.6 is 0 Å². The molecule has 3 fully saturated rings. The second-order valence-corrected chi connectivity index (χ2v) is 6.11. The Labute approximate surface area is 128 Å². The third kappa shape index (κ3) is 2.31. The van der Waals surface area contributed by atoms with Crippen LogP contribution in [0.2, 0.25) is 0 Å². The highest BCUT2D eigenvalue weighted by Crippen LogP contribution is 2.23. The van der Waals surface area contributed by atoms with Crippen molar-refractivity contribution in [3.63, 3.8) is 0 Å². The molecule has 2 aromatic heterocycles. The number of carbonyl (C=O) groups is 1. The Morgan fingerprint density at radius 2 is 2.09 bits per heavy atom. The Bertz CT molecular complexity index is 682. The fourth-order valence-electron chi connectivity index (χ4n) is 3.42. The monoisotopic (exact) mass is 300 g/mol. The minimum atomic E-state index is 0.0344. The van der Waals surface area contributed by atoms with Crippen molar-refractivity contribution in [2.45, 2.75) is 18.9 Å². The molecule has 116 valence electrons. The summed E-state index contributed by atoms with van der Waals surface area (Å²) in [5.74, 6) is 0.0344. The van der Waals surface area contributed by atoms with Crippen molar-refractivity contribution >= 4 is 5.91 Å². The van der Waals surface area contributed by atoms with Gasteiger partial charge in [0.05, 0.1) is 5.69 Å². The van der Waals surface area contributed by atoms with Gasteiger partial charge in [-0.25, -0.2) is 0 Å². The number of fused-ring (bicyclic) bond motifs is 4. The summed E-state index contributed by atoms with van der Waals surface area (Å²) in [7, 11) is 1.87. The van der Waals surface area contributed by atoms with Crippen molar-refractivity contribution in [3.8, 4) is 11.4 Å². The lowest BCUT2D eigenvalue weighted by molar-refractivity contribution is 0.0679. The molecule has 0 aliphatic carbocycles. The summed E-state index contributed by atoms with van der Waals surface area (Å²) in [6.07, 6.45) is 4.02. The van der Waals surface area contributed by atoms with Crippen molar-refractivity contribution in [2.75, 3.05) is 26.2 Å². The highest BCUT2D eigenvalue weighted by Gasteiger charge is 2.33. The highest BCUT2D eigenvalue weighted by atomic mass is 16.2. The molecule has 1 N–H and O–H groups in total. The second-order valence-electron chi connectivity index (χ2n) is 6.11. The van der Waals surface area contributed by atoms with Gasteiger partial charge in [-0.15, -0.1) is 0 Å². The van der Waals surface area contributed by atoms with Gasteiger partial charge in [-0.05, 0) is 25.0 Å². The topological polar surface area (TPSA) is 70.1 Å². The van der Waals surface area contributed by atoms with E-state index in [-0.39, 0.29) is 5.91 Å². The van der Waals surface area contributed by atoms with E-state index >= 15 is 0 Å². The molecule has 0 saturated carbocycles. The number of amides is 1. The first-order chi connectivity index (χ1) is 10.7. The molecule has 3 saturated heterocycles. The van der Waals surface area contributed by atoms with E-state index in [4.69, 9.17) is 0 Å². The van der Waals surface area contributed by atoms with Crippen LogP contribution in [0, 0.1) is 0 Å². The van der Waals surface area contributed by atoms with Crippen LogP contribution in [0.1, 0.15) is 23.3 Å². The van der Waals surface area contributed by atoms with E-state index in [9.17, 15) is 4.79 Å². The minimum absolute atomic E-state index is 0.0344. The molecular formula is C15H20N6O. The Balaban J connectivity index is 1.56. The lowest BCUT2D eigenvalue weighted by Crippen LogP contribution is -2.41. The molecular weight excluding hydrogens is 280 g/mol. The molecule has 0 aromatic carbocycles. The highest BCUT2D eigenvalue weighted by molar-refractivity contribution is 5.93. The molecule has 3 aliphatic heterocycles. The van der Waals surface area contributed by atoms with Crippen molar-refractivity contribution in [3.05, 3.63) is 24.0 Å². The molecule has 2 aromatic rings. The number of hydrogen-bond acceptors (Lipinski definition) is 4. The van der Waals surface area contributed by atoms with E-state index in [1.165, 1.54) is 0 Å². The van der Waals surface area contributed by atoms with Crippen molar-refractivity contribution in [1.29, 1.82) is 0 Å². The maximum Gasteiger partial charge on any atom is 0.274 e. The maximum atomic E-state index is 12.8. The average Bonchev–Trinajstić information content (AvgIpc) is 3.08. The number of rotatable bonds is 2. The van der Waals surface area contributed by atoms with Crippen LogP contribution in [-0.2, 0) is 7.05 Å². The predicted molar refractivity (Wildman–Crippen MR) is 81.3 cm³/mol. The molecule has 1 amide bonds. The molecule has 3 aliphatic rings. The summed E-state index contributed by atoms with van der Waals surface area (Å²) in [6.45, 7) is 3.98. The van der Waals surface area contributed by atoms with E-state index in [1.807, 2.05) is 30.3 Å². The normalized spacial score (nSPS) is 24.5. The Morgan fingerprint density at radius 1 is 1.27 bits per heavy atom. The summed E-state index contributed by atoms with van der Waals surface area (Å²) < 4.78 is 1.74. The number of piperidine rings is 1. The third-order valence-corrected chi connectivity index (χ3v) is 4.70. The zero-order chi connectivity index (χ0) is 15.1. The van der Waals surface area contributed by atoms with E-state index in [0.717, 1.165) is 50.4 Å². The molecule has 0 atom stereocenters. The van der Waals surface area contributed by atoms with Crippen LogP contribution in [0.25, 0.3) is 11.4 Å². The zero-order valence-electron chi connectivity index (χ0n) is 12.7. The first-order valence-electron chi connectivity index (χ1n) is 7.79. The van der Waals surface area contributed by atoms with E-state index in [2.05, 4.69) is 20.2 Å². The van der Waals surface area contributed by atoms with Crippen LogP contribution in [-0.4, -0.2) is 67.9 Å². The molecule has 7 heteroatoms. The fourth-order valence-corrected chi connectivity index (χ4v) is 3.42. The number of H-pyrrole nitrogens is 1. The SMILES string of the molecule is Cn1ccc(-c2cc(C(=O)N3CCN4CCC3CC4)n[nH]2)n1. The molecule has 5 rings (SSSR count). The lowest BCUT2D eigenvalue weighted by Gasteiger charge is -2.30. The summed E-state index contributed by atoms with van der Waals surface area (Å²) in [5.41, 5.74) is 2.07. The number of aromatic amines is 1. The smallest absolute Gasteiger partial charge is 0.274 e. The van der Waals surface area contributed by atoms with Crippen molar-refractivity contribution in [1.82, 2.24) is 29.8 Å². The number of aromatic nitrogens is 4. The summed E-state index contributed by atoms with van der Waals surface area (Å²) in [6, 6.07) is 4.08. The van der Waals surface area contributed by atoms with E-state index < -0.39 is 0 Å². The predicted octanol–water partition coefficient (Wildman–Crippen LogP) is 0.730. The molecule has 22 heavy (non-hydrogen) atoms. The molecule has 5 heterocycles. The number of nitrogens with zero attached hydrogens (tertiary/aromatic N) is 5. The molecule has 0 unspecified atom stereocenters. The van der Waals surface area contributed by atoms with E-state index in [0.29, 0.717) is 11.7 Å². The summed E-state index contributed by atoms with van der Waals surface area (Å²) in [4.78, 5) is 17.2. The molecule has 0 spiro atoms. The maximum absolute atomic E-state index is 12.8. The van der Waals surface area contributed by atoms with Gasteiger partial charge in [-0.1, -0.05) is 0 Å². The molecule has 2 bridgehead atoms. The van der Waals surface area contributed by atoms with Gasteiger partial charge in [0.2, 0.25) is 0 Å². The second kappa shape index (κ2) is 5.24. The van der Waals surface area contributed by atoms with Crippen LogP contribution in [0.4, 0.5) is 0 Å². The van der Waals surface area contributed by atoms with Gasteiger partial charge >= 0.3 is 0 Å². The van der Waals surface area contributed by atoms with E-state index in [1.54, 1.807) is 4.68 Å². The Hall–Kier alpha value is -2.15. The first kappa shape index (κ1) is 13.5. The number of aryl methyl sites for hydroxylation is 1. The summed E-state index contributed by atoms with van der Waals surface area (Å²) >= 11 is 0. The minimum Gasteiger partial charge on any atom is -0.333 e. The standard InChI is InChI=1S/C15H20N6O/c1-19-5-4-12(18-19)13-10-14(17-16-13)15(22)21-9-8-20-6-2-11(21)3-7-20/h4-5,10-11H,2-3,6-9H2,1H3,(H,16,17). The van der Waals surface area contributed by atoms with Crippen molar-refractivity contribution < 1.29 is 4.79 Å². The van der Waals surface area contributed by atoms with Gasteiger partial charge in [0, 0.05) is 45.5 Å². The van der Waals surface area contributed by atoms with Gasteiger partial charge in [0.25, 0.3) is 5.91 Å². The van der Waals surface area contributed by atoms with Gasteiger partial charge in [0.15, 0.2) is 5.69 Å². The van der Waals surface area contributed by atoms with Crippen LogP contribution in [0.3, 0.4) is 0 Å². The molecule has 7 nitrogen and oxygen atoms in total. The Morgan fingerprint density at radius 3 is 2.82 bits per heavy atom. The lowest BCUT2D eigenvalue weighted by atomic mass is 10.0. The molecule has 0 radical (unpaired) electrons.